The van der Waals surface area contributed by atoms with E-state index in [0.717, 1.165) is 5.57 Å². The Morgan fingerprint density at radius 1 is 1.53 bits per heavy atom. The van der Waals surface area contributed by atoms with Gasteiger partial charge in [0.15, 0.2) is 12.0 Å². The zero-order valence-electron chi connectivity index (χ0n) is 8.15. The summed E-state index contributed by atoms with van der Waals surface area (Å²) in [6.07, 6.45) is -0.0617. The molecular weight excluding hydrogens is 197 g/mol. The lowest BCUT2D eigenvalue weighted by Crippen LogP contribution is -2.38. The van der Waals surface area contributed by atoms with Crippen molar-refractivity contribution in [1.82, 2.24) is 4.98 Å². The van der Waals surface area contributed by atoms with Crippen molar-refractivity contribution in [3.05, 3.63) is 36.2 Å². The van der Waals surface area contributed by atoms with E-state index in [1.54, 1.807) is 12.3 Å². The minimum atomic E-state index is -2.12. The fourth-order valence-electron chi connectivity index (χ4n) is 1.88. The number of nitrogens with zero attached hydrogens (tertiary/aromatic N) is 1. The number of rotatable bonds is 1. The van der Waals surface area contributed by atoms with Crippen molar-refractivity contribution in [3.8, 4) is 0 Å². The van der Waals surface area contributed by atoms with E-state index in [4.69, 9.17) is 10.2 Å². The van der Waals surface area contributed by atoms with Gasteiger partial charge in [0.25, 0.3) is 0 Å². The van der Waals surface area contributed by atoms with Crippen LogP contribution < -0.4 is 0 Å². The molecular formula is C11H12FNO2. The van der Waals surface area contributed by atoms with Crippen LogP contribution in [0.5, 0.6) is 0 Å². The van der Waals surface area contributed by atoms with E-state index in [9.17, 15) is 4.39 Å². The molecule has 1 aromatic rings. The molecule has 0 radical (unpaired) electrons. The molecule has 0 fully saturated rings. The van der Waals surface area contributed by atoms with Gasteiger partial charge in [-0.2, -0.15) is 0 Å². The number of aliphatic hydroxyl groups excluding tert-OH is 1. The van der Waals surface area contributed by atoms with Gasteiger partial charge in [-0.05, 0) is 24.5 Å². The van der Waals surface area contributed by atoms with E-state index < -0.39 is 12.0 Å². The molecule has 0 saturated heterocycles. The largest absolute Gasteiger partial charge is 0.365 e. The standard InChI is InChI=1S/C11H12FNO2/c1-7-4-5-11(12,10(14)15)8-3-2-6-13-9(7)8/h2-3,6,10,14-15H,1,4-5H2. The molecule has 0 aromatic carbocycles. The first kappa shape index (κ1) is 10.3. The zero-order chi connectivity index (χ0) is 11.1. The van der Waals surface area contributed by atoms with E-state index in [1.165, 1.54) is 6.07 Å². The van der Waals surface area contributed by atoms with Crippen LogP contribution in [0.25, 0.3) is 5.57 Å². The molecule has 2 N–H and O–H groups in total. The van der Waals surface area contributed by atoms with Gasteiger partial charge in [0.05, 0.1) is 5.69 Å². The van der Waals surface area contributed by atoms with Gasteiger partial charge >= 0.3 is 0 Å². The van der Waals surface area contributed by atoms with Gasteiger partial charge in [-0.25, -0.2) is 4.39 Å². The van der Waals surface area contributed by atoms with E-state index in [1.807, 2.05) is 0 Å². The lowest BCUT2D eigenvalue weighted by atomic mass is 9.80. The Morgan fingerprint density at radius 3 is 2.93 bits per heavy atom. The molecule has 0 amide bonds. The molecule has 0 saturated carbocycles. The van der Waals surface area contributed by atoms with Gasteiger partial charge in [-0.3, -0.25) is 4.98 Å². The average Bonchev–Trinajstić information content (AvgIpc) is 2.24. The van der Waals surface area contributed by atoms with Gasteiger partial charge in [0.1, 0.15) is 0 Å². The van der Waals surface area contributed by atoms with E-state index in [0.29, 0.717) is 12.1 Å². The highest BCUT2D eigenvalue weighted by Crippen LogP contribution is 2.43. The van der Waals surface area contributed by atoms with Crippen LogP contribution in [0, 0.1) is 0 Å². The van der Waals surface area contributed by atoms with Crippen molar-refractivity contribution in [2.45, 2.75) is 24.8 Å². The first-order valence-corrected chi connectivity index (χ1v) is 4.74. The van der Waals surface area contributed by atoms with Crippen LogP contribution in [0.1, 0.15) is 24.1 Å². The van der Waals surface area contributed by atoms with Crippen LogP contribution in [0.3, 0.4) is 0 Å². The summed E-state index contributed by atoms with van der Waals surface area (Å²) >= 11 is 0. The lowest BCUT2D eigenvalue weighted by Gasteiger charge is -2.33. The third-order valence-electron chi connectivity index (χ3n) is 2.79. The summed E-state index contributed by atoms with van der Waals surface area (Å²) in [6, 6.07) is 3.10. The normalized spacial score (nSPS) is 25.5. The summed E-state index contributed by atoms with van der Waals surface area (Å²) in [4.78, 5) is 4.02. The zero-order valence-corrected chi connectivity index (χ0v) is 8.15. The Kier molecular flexibility index (Phi) is 2.32. The van der Waals surface area contributed by atoms with Crippen molar-refractivity contribution in [2.75, 3.05) is 0 Å². The maximum Gasteiger partial charge on any atom is 0.191 e. The molecule has 0 bridgehead atoms. The molecule has 1 aliphatic carbocycles. The summed E-state index contributed by atoms with van der Waals surface area (Å²) < 4.78 is 14.3. The molecule has 1 heterocycles. The van der Waals surface area contributed by atoms with Crippen molar-refractivity contribution in [2.24, 2.45) is 0 Å². The number of hydrogen-bond donors (Lipinski definition) is 2. The van der Waals surface area contributed by atoms with Gasteiger partial charge in [0.2, 0.25) is 0 Å². The molecule has 0 aliphatic heterocycles. The van der Waals surface area contributed by atoms with Crippen LogP contribution in [-0.2, 0) is 5.67 Å². The van der Waals surface area contributed by atoms with Crippen molar-refractivity contribution in [3.63, 3.8) is 0 Å². The number of halogens is 1. The number of alkyl halides is 1. The monoisotopic (exact) mass is 209 g/mol. The summed E-state index contributed by atoms with van der Waals surface area (Å²) in [6.45, 7) is 3.79. The second kappa shape index (κ2) is 3.40. The number of aliphatic hydroxyl groups is 2. The molecule has 4 heteroatoms. The van der Waals surface area contributed by atoms with Gasteiger partial charge in [-0.1, -0.05) is 12.6 Å². The Labute approximate surface area is 86.9 Å². The van der Waals surface area contributed by atoms with E-state index in [2.05, 4.69) is 11.6 Å². The van der Waals surface area contributed by atoms with E-state index >= 15 is 0 Å². The Balaban J connectivity index is 2.58. The second-order valence-corrected chi connectivity index (χ2v) is 3.74. The third-order valence-corrected chi connectivity index (χ3v) is 2.79. The predicted molar refractivity (Wildman–Crippen MR) is 53.5 cm³/mol. The summed E-state index contributed by atoms with van der Waals surface area (Å²) in [7, 11) is 0. The lowest BCUT2D eigenvalue weighted by molar-refractivity contribution is -0.155. The Morgan fingerprint density at radius 2 is 2.27 bits per heavy atom. The molecule has 1 atom stereocenters. The van der Waals surface area contributed by atoms with Gasteiger partial charge < -0.3 is 10.2 Å². The number of pyridine rings is 1. The van der Waals surface area contributed by atoms with Crippen molar-refractivity contribution >= 4 is 5.57 Å². The minimum absolute atomic E-state index is 0.0300. The average molecular weight is 209 g/mol. The van der Waals surface area contributed by atoms with Gasteiger partial charge in [-0.15, -0.1) is 0 Å². The minimum Gasteiger partial charge on any atom is -0.365 e. The highest BCUT2D eigenvalue weighted by atomic mass is 19.1. The van der Waals surface area contributed by atoms with Crippen LogP contribution in [-0.4, -0.2) is 21.5 Å². The molecule has 0 spiro atoms. The van der Waals surface area contributed by atoms with E-state index in [-0.39, 0.29) is 12.0 Å². The maximum absolute atomic E-state index is 14.3. The molecule has 1 aromatic heterocycles. The number of hydrogen-bond acceptors (Lipinski definition) is 3. The number of aromatic nitrogens is 1. The SMILES string of the molecule is C=C1CCC(F)(C(O)O)c2cccnc21. The summed E-state index contributed by atoms with van der Waals surface area (Å²) in [5.41, 5.74) is -0.722. The summed E-state index contributed by atoms with van der Waals surface area (Å²) in [5.74, 6) is 0. The van der Waals surface area contributed by atoms with Crippen LogP contribution in [0.2, 0.25) is 0 Å². The maximum atomic E-state index is 14.3. The molecule has 1 aliphatic rings. The molecule has 1 unspecified atom stereocenters. The Hall–Kier alpha value is -1.26. The highest BCUT2D eigenvalue weighted by Gasteiger charge is 2.44. The summed E-state index contributed by atoms with van der Waals surface area (Å²) in [5, 5.41) is 18.2. The first-order chi connectivity index (χ1) is 7.05. The molecule has 2 rings (SSSR count). The van der Waals surface area contributed by atoms with Crippen LogP contribution in [0.4, 0.5) is 4.39 Å². The van der Waals surface area contributed by atoms with Crippen LogP contribution >= 0.6 is 0 Å². The molecule has 15 heavy (non-hydrogen) atoms. The highest BCUT2D eigenvalue weighted by molar-refractivity contribution is 5.66. The Bertz CT molecular complexity index is 405. The molecule has 80 valence electrons. The molecule has 3 nitrogen and oxygen atoms in total. The number of fused-ring (bicyclic) bond motifs is 1. The second-order valence-electron chi connectivity index (χ2n) is 3.74. The van der Waals surface area contributed by atoms with Crippen molar-refractivity contribution < 1.29 is 14.6 Å². The predicted octanol–water partition coefficient (Wildman–Crippen LogP) is 1.36. The quantitative estimate of drug-likeness (QED) is 0.687. The first-order valence-electron chi connectivity index (χ1n) is 4.74. The van der Waals surface area contributed by atoms with Crippen molar-refractivity contribution in [1.29, 1.82) is 0 Å². The van der Waals surface area contributed by atoms with Crippen LogP contribution in [0.15, 0.2) is 24.9 Å². The fourth-order valence-corrected chi connectivity index (χ4v) is 1.88. The topological polar surface area (TPSA) is 53.4 Å². The fraction of sp³-hybridized carbons (Fsp3) is 0.364. The number of allylic oxidation sites excluding steroid dienone is 1. The van der Waals surface area contributed by atoms with Gasteiger partial charge in [0, 0.05) is 11.8 Å². The third kappa shape index (κ3) is 1.46. The smallest absolute Gasteiger partial charge is 0.191 e.